The Morgan fingerprint density at radius 3 is 1.64 bits per heavy atom. The van der Waals surface area contributed by atoms with Crippen LogP contribution in [0.3, 0.4) is 0 Å². The number of halogens is 4. The van der Waals surface area contributed by atoms with Crippen molar-refractivity contribution in [1.82, 2.24) is 0 Å². The first-order chi connectivity index (χ1) is 15.8. The fraction of sp³-hybridized carbons (Fsp3) is 0. The number of hydrogen-bond donors (Lipinski definition) is 0. The minimum Gasteiger partial charge on any atom is -0.456 e. The van der Waals surface area contributed by atoms with Gasteiger partial charge in [-0.3, -0.25) is 4.79 Å². The van der Waals surface area contributed by atoms with Crippen LogP contribution in [0.25, 0.3) is 21.9 Å². The van der Waals surface area contributed by atoms with Gasteiger partial charge in [-0.2, -0.15) is 0 Å². The first-order valence-corrected chi connectivity index (χ1v) is 11.2. The van der Waals surface area contributed by atoms with Gasteiger partial charge in [-0.05, 0) is 48.5 Å². The van der Waals surface area contributed by atoms with E-state index >= 15 is 0 Å². The maximum Gasteiger partial charge on any atom is 0.673 e. The zero-order valence-corrected chi connectivity index (χ0v) is 17.9. The Labute approximate surface area is 189 Å². The van der Waals surface area contributed by atoms with E-state index in [0.717, 1.165) is 4.90 Å². The van der Waals surface area contributed by atoms with Gasteiger partial charge in [0, 0.05) is 6.07 Å². The van der Waals surface area contributed by atoms with Crippen molar-refractivity contribution in [2.75, 3.05) is 0 Å². The molecule has 8 heteroatoms. The summed E-state index contributed by atoms with van der Waals surface area (Å²) in [5.41, 5.74) is 1.26. The topological polar surface area (TPSA) is 30.2 Å². The molecule has 1 heterocycles. The summed E-state index contributed by atoms with van der Waals surface area (Å²) in [5.74, 6) is 0. The molecule has 166 valence electrons. The maximum atomic E-state index is 13.1. The second-order valence-corrected chi connectivity index (χ2v) is 9.04. The highest BCUT2D eigenvalue weighted by Gasteiger charge is 2.29. The lowest BCUT2D eigenvalue weighted by Crippen LogP contribution is -2.07. The van der Waals surface area contributed by atoms with Gasteiger partial charge in [0.1, 0.15) is 11.2 Å². The summed E-state index contributed by atoms with van der Waals surface area (Å²) in [4.78, 5) is 16.6. The van der Waals surface area contributed by atoms with E-state index in [1.165, 1.54) is 9.79 Å². The van der Waals surface area contributed by atoms with Crippen molar-refractivity contribution >= 4 is 40.1 Å². The Morgan fingerprint density at radius 1 is 0.576 bits per heavy atom. The molecular weight excluding hydrogens is 451 g/mol. The Hall–Kier alpha value is -3.52. The van der Waals surface area contributed by atoms with Crippen LogP contribution in [0, 0.1) is 0 Å². The standard InChI is InChI=1S/C25H17O2S.BF4/c26-25-21-13-7-8-14-23(21)27-24-16-15-20(17-22(24)25)28(18-9-3-1-4-10-18)19-11-5-2-6-12-19;2-1(3,4)5/h1-17H;/q+1;-1. The summed E-state index contributed by atoms with van der Waals surface area (Å²) in [5, 5.41) is 1.24. The van der Waals surface area contributed by atoms with Gasteiger partial charge >= 0.3 is 7.25 Å². The van der Waals surface area contributed by atoms with E-state index in [1.807, 2.05) is 48.5 Å². The van der Waals surface area contributed by atoms with Crippen molar-refractivity contribution in [2.45, 2.75) is 14.7 Å². The van der Waals surface area contributed by atoms with Crippen molar-refractivity contribution in [3.8, 4) is 0 Å². The molecule has 5 rings (SSSR count). The first-order valence-electron chi connectivity index (χ1n) is 9.98. The van der Waals surface area contributed by atoms with Crippen LogP contribution in [0.2, 0.25) is 0 Å². The number of hydrogen-bond acceptors (Lipinski definition) is 2. The Balaban J connectivity index is 0.000000471. The predicted molar refractivity (Wildman–Crippen MR) is 125 cm³/mol. The summed E-state index contributed by atoms with van der Waals surface area (Å²) < 4.78 is 45.0. The monoisotopic (exact) mass is 468 g/mol. The van der Waals surface area contributed by atoms with Gasteiger partial charge < -0.3 is 21.7 Å². The Bertz CT molecular complexity index is 1390. The first kappa shape index (κ1) is 22.7. The average molecular weight is 468 g/mol. The molecule has 0 amide bonds. The smallest absolute Gasteiger partial charge is 0.456 e. The maximum absolute atomic E-state index is 13.1. The average Bonchev–Trinajstić information content (AvgIpc) is 2.80. The zero-order valence-electron chi connectivity index (χ0n) is 17.1. The summed E-state index contributed by atoms with van der Waals surface area (Å²) in [6.07, 6.45) is 0. The van der Waals surface area contributed by atoms with Gasteiger partial charge in [0.15, 0.2) is 14.7 Å². The van der Waals surface area contributed by atoms with Crippen LogP contribution in [-0.2, 0) is 10.9 Å². The summed E-state index contributed by atoms with van der Waals surface area (Å²) in [7, 11) is -6.29. The third-order valence-corrected chi connectivity index (χ3v) is 6.95. The fourth-order valence-corrected chi connectivity index (χ4v) is 5.55. The predicted octanol–water partition coefficient (Wildman–Crippen LogP) is 7.34. The summed E-state index contributed by atoms with van der Waals surface area (Å²) >= 11 is 0. The molecule has 0 radical (unpaired) electrons. The Morgan fingerprint density at radius 2 is 1.06 bits per heavy atom. The highest BCUT2D eigenvalue weighted by Crippen LogP contribution is 2.32. The molecule has 0 bridgehead atoms. The molecule has 1 aromatic heterocycles. The molecular formula is C25H17BF4O2S. The Kier molecular flexibility index (Phi) is 6.56. The van der Waals surface area contributed by atoms with Crippen LogP contribution < -0.4 is 5.43 Å². The largest absolute Gasteiger partial charge is 0.673 e. The molecule has 0 saturated carbocycles. The lowest BCUT2D eigenvalue weighted by Gasteiger charge is -2.09. The third kappa shape index (κ3) is 5.46. The van der Waals surface area contributed by atoms with E-state index in [1.54, 1.807) is 0 Å². The van der Waals surface area contributed by atoms with Gasteiger partial charge in [-0.1, -0.05) is 48.5 Å². The van der Waals surface area contributed by atoms with Crippen molar-refractivity contribution in [2.24, 2.45) is 0 Å². The molecule has 0 saturated heterocycles. The number of rotatable bonds is 3. The minimum absolute atomic E-state index is 0.0170. The van der Waals surface area contributed by atoms with Gasteiger partial charge in [0.25, 0.3) is 0 Å². The van der Waals surface area contributed by atoms with Crippen molar-refractivity contribution < 1.29 is 21.7 Å². The molecule has 0 spiro atoms. The van der Waals surface area contributed by atoms with Gasteiger partial charge in [0.05, 0.1) is 21.7 Å². The highest BCUT2D eigenvalue weighted by molar-refractivity contribution is 7.97. The number of benzene rings is 4. The van der Waals surface area contributed by atoms with E-state index < -0.39 is 7.25 Å². The van der Waals surface area contributed by atoms with E-state index in [4.69, 9.17) is 4.42 Å². The minimum atomic E-state index is -6.00. The molecule has 33 heavy (non-hydrogen) atoms. The molecule has 0 aliphatic rings. The van der Waals surface area contributed by atoms with Crippen molar-refractivity contribution in [3.63, 3.8) is 0 Å². The SMILES string of the molecule is F[B-](F)(F)F.O=c1c2ccccc2oc2ccc([S+](c3ccccc3)c3ccccc3)cc12. The zero-order chi connectivity index (χ0) is 23.4. The van der Waals surface area contributed by atoms with E-state index in [9.17, 15) is 22.1 Å². The number of fused-ring (bicyclic) bond motifs is 2. The van der Waals surface area contributed by atoms with E-state index in [2.05, 4.69) is 54.6 Å². The van der Waals surface area contributed by atoms with Crippen LogP contribution in [0.1, 0.15) is 0 Å². The van der Waals surface area contributed by atoms with Gasteiger partial charge in [-0.15, -0.1) is 0 Å². The number of para-hydroxylation sites is 1. The normalized spacial score (nSPS) is 11.4. The molecule has 0 aliphatic heterocycles. The second-order valence-electron chi connectivity index (χ2n) is 7.01. The van der Waals surface area contributed by atoms with E-state index in [0.29, 0.717) is 21.9 Å². The summed E-state index contributed by atoms with van der Waals surface area (Å²) in [6.45, 7) is 0. The van der Waals surface area contributed by atoms with Crippen LogP contribution in [-0.4, -0.2) is 7.25 Å². The third-order valence-electron chi connectivity index (χ3n) is 4.74. The molecule has 0 aliphatic carbocycles. The van der Waals surface area contributed by atoms with Crippen LogP contribution in [0.15, 0.2) is 127 Å². The molecule has 5 aromatic rings. The van der Waals surface area contributed by atoms with Gasteiger partial charge in [-0.25, -0.2) is 0 Å². The fourth-order valence-electron chi connectivity index (χ4n) is 3.43. The quantitative estimate of drug-likeness (QED) is 0.120. The lowest BCUT2D eigenvalue weighted by atomic mass is 10.1. The van der Waals surface area contributed by atoms with Crippen LogP contribution >= 0.6 is 0 Å². The van der Waals surface area contributed by atoms with Crippen LogP contribution in [0.5, 0.6) is 0 Å². The molecule has 4 aromatic carbocycles. The summed E-state index contributed by atoms with van der Waals surface area (Å²) in [6, 6.07) is 34.2. The molecule has 0 N–H and O–H groups in total. The molecule has 2 nitrogen and oxygen atoms in total. The molecule has 0 fully saturated rings. The van der Waals surface area contributed by atoms with Gasteiger partial charge in [0.2, 0.25) is 5.43 Å². The lowest BCUT2D eigenvalue weighted by molar-refractivity contribution is 0.368. The van der Waals surface area contributed by atoms with Crippen molar-refractivity contribution in [3.05, 3.63) is 113 Å². The molecule has 0 unspecified atom stereocenters. The van der Waals surface area contributed by atoms with Crippen LogP contribution in [0.4, 0.5) is 17.3 Å². The molecule has 0 atom stereocenters. The highest BCUT2D eigenvalue weighted by atomic mass is 32.2. The van der Waals surface area contributed by atoms with E-state index in [-0.39, 0.29) is 16.3 Å². The van der Waals surface area contributed by atoms with Crippen molar-refractivity contribution in [1.29, 1.82) is 0 Å². The second kappa shape index (κ2) is 9.54.